The first-order chi connectivity index (χ1) is 13.9. The van der Waals surface area contributed by atoms with Crippen LogP contribution in [0.5, 0.6) is 11.5 Å². The van der Waals surface area contributed by atoms with Crippen molar-refractivity contribution < 1.29 is 23.8 Å². The van der Waals surface area contributed by atoms with Gasteiger partial charge in [-0.3, -0.25) is 0 Å². The molecule has 2 amide bonds. The third-order valence-electron chi connectivity index (χ3n) is 4.72. The highest BCUT2D eigenvalue weighted by atomic mass is 16.5. The average molecular weight is 396 g/mol. The van der Waals surface area contributed by atoms with Crippen molar-refractivity contribution in [1.29, 1.82) is 0 Å². The van der Waals surface area contributed by atoms with Crippen molar-refractivity contribution in [2.24, 2.45) is 0 Å². The van der Waals surface area contributed by atoms with E-state index in [0.29, 0.717) is 28.3 Å². The summed E-state index contributed by atoms with van der Waals surface area (Å²) in [5.74, 6) is 0.555. The Kier molecular flexibility index (Phi) is 6.07. The number of hydrogen-bond donors (Lipinski definition) is 2. The lowest BCUT2D eigenvalue weighted by Gasteiger charge is -2.28. The van der Waals surface area contributed by atoms with Gasteiger partial charge in [-0.1, -0.05) is 35.9 Å². The fourth-order valence-corrected chi connectivity index (χ4v) is 3.16. The zero-order valence-electron chi connectivity index (χ0n) is 16.9. The number of methoxy groups -OCH3 is 2. The van der Waals surface area contributed by atoms with E-state index in [2.05, 4.69) is 10.6 Å². The van der Waals surface area contributed by atoms with E-state index in [1.807, 2.05) is 31.2 Å². The van der Waals surface area contributed by atoms with Crippen molar-refractivity contribution in [2.45, 2.75) is 26.5 Å². The number of esters is 1. The van der Waals surface area contributed by atoms with Gasteiger partial charge in [0.1, 0.15) is 6.61 Å². The van der Waals surface area contributed by atoms with Gasteiger partial charge >= 0.3 is 12.0 Å². The standard InChI is InChI=1S/C22H24N2O5/c1-13-5-7-15(8-6-13)12-29-21(25)19-14(2)23-22(26)24-20(19)16-9-10-17(27-3)18(11-16)28-4/h5-11,20H,12H2,1-4H3,(H2,23,24,26). The van der Waals surface area contributed by atoms with Crippen molar-refractivity contribution >= 4 is 12.0 Å². The van der Waals surface area contributed by atoms with Gasteiger partial charge < -0.3 is 24.8 Å². The highest BCUT2D eigenvalue weighted by molar-refractivity contribution is 5.95. The monoisotopic (exact) mass is 396 g/mol. The minimum absolute atomic E-state index is 0.141. The quantitative estimate of drug-likeness (QED) is 0.731. The summed E-state index contributed by atoms with van der Waals surface area (Å²) in [7, 11) is 3.07. The van der Waals surface area contributed by atoms with Crippen LogP contribution in [-0.4, -0.2) is 26.2 Å². The van der Waals surface area contributed by atoms with Crippen LogP contribution in [0.2, 0.25) is 0 Å². The lowest BCUT2D eigenvalue weighted by molar-refractivity contribution is -0.140. The van der Waals surface area contributed by atoms with Gasteiger partial charge in [0.05, 0.1) is 25.8 Å². The van der Waals surface area contributed by atoms with E-state index in [1.165, 1.54) is 7.11 Å². The van der Waals surface area contributed by atoms with E-state index in [4.69, 9.17) is 14.2 Å². The first-order valence-electron chi connectivity index (χ1n) is 9.15. The summed E-state index contributed by atoms with van der Waals surface area (Å²) in [4.78, 5) is 24.9. The summed E-state index contributed by atoms with van der Waals surface area (Å²) < 4.78 is 16.1. The predicted octanol–water partition coefficient (Wildman–Crippen LogP) is 3.38. The Balaban J connectivity index is 1.87. The third-order valence-corrected chi connectivity index (χ3v) is 4.72. The lowest BCUT2D eigenvalue weighted by atomic mass is 9.95. The molecule has 1 aliphatic rings. The molecule has 2 N–H and O–H groups in total. The maximum absolute atomic E-state index is 12.9. The van der Waals surface area contributed by atoms with Gasteiger partial charge in [0.25, 0.3) is 0 Å². The van der Waals surface area contributed by atoms with Crippen LogP contribution in [0.4, 0.5) is 4.79 Å². The number of aryl methyl sites for hydroxylation is 1. The van der Waals surface area contributed by atoms with E-state index in [9.17, 15) is 9.59 Å². The van der Waals surface area contributed by atoms with Crippen LogP contribution in [0, 0.1) is 6.92 Å². The van der Waals surface area contributed by atoms with Gasteiger partial charge in [-0.2, -0.15) is 0 Å². The Labute approximate surface area is 169 Å². The smallest absolute Gasteiger partial charge is 0.338 e. The van der Waals surface area contributed by atoms with E-state index >= 15 is 0 Å². The molecule has 2 aromatic carbocycles. The molecule has 0 aliphatic carbocycles. The van der Waals surface area contributed by atoms with Crippen molar-refractivity contribution in [3.63, 3.8) is 0 Å². The molecule has 152 valence electrons. The van der Waals surface area contributed by atoms with Crippen LogP contribution in [-0.2, 0) is 16.1 Å². The second kappa shape index (κ2) is 8.68. The molecule has 0 radical (unpaired) electrons. The number of allylic oxidation sites excluding steroid dienone is 1. The van der Waals surface area contributed by atoms with Crippen LogP contribution < -0.4 is 20.1 Å². The Bertz CT molecular complexity index is 950. The van der Waals surface area contributed by atoms with E-state index in [1.54, 1.807) is 32.2 Å². The number of amides is 2. The molecule has 0 spiro atoms. The predicted molar refractivity (Wildman–Crippen MR) is 108 cm³/mol. The summed E-state index contributed by atoms with van der Waals surface area (Å²) in [6.07, 6.45) is 0. The van der Waals surface area contributed by atoms with Gasteiger partial charge in [0.2, 0.25) is 0 Å². The molecule has 0 fully saturated rings. The first-order valence-corrected chi connectivity index (χ1v) is 9.15. The maximum atomic E-state index is 12.9. The molecule has 0 bridgehead atoms. The molecular formula is C22H24N2O5. The topological polar surface area (TPSA) is 85.9 Å². The molecular weight excluding hydrogens is 372 g/mol. The van der Waals surface area contributed by atoms with Crippen molar-refractivity contribution in [3.05, 3.63) is 70.4 Å². The molecule has 0 saturated carbocycles. The van der Waals surface area contributed by atoms with Crippen LogP contribution in [0.15, 0.2) is 53.7 Å². The zero-order valence-corrected chi connectivity index (χ0v) is 16.9. The van der Waals surface area contributed by atoms with Crippen molar-refractivity contribution in [1.82, 2.24) is 10.6 Å². The number of hydrogen-bond acceptors (Lipinski definition) is 5. The largest absolute Gasteiger partial charge is 0.493 e. The highest BCUT2D eigenvalue weighted by Gasteiger charge is 2.32. The average Bonchev–Trinajstić information content (AvgIpc) is 2.72. The minimum Gasteiger partial charge on any atom is -0.493 e. The molecule has 2 aromatic rings. The number of ether oxygens (including phenoxy) is 3. The second-order valence-corrected chi connectivity index (χ2v) is 6.75. The molecule has 1 atom stereocenters. The van der Waals surface area contributed by atoms with Gasteiger partial charge in [-0.15, -0.1) is 0 Å². The normalized spacial score (nSPS) is 16.0. The molecule has 0 aromatic heterocycles. The zero-order chi connectivity index (χ0) is 21.0. The Morgan fingerprint density at radius 3 is 2.34 bits per heavy atom. The molecule has 1 heterocycles. The van der Waals surface area contributed by atoms with Crippen LogP contribution in [0.25, 0.3) is 0 Å². The summed E-state index contributed by atoms with van der Waals surface area (Å²) in [5, 5.41) is 5.42. The van der Waals surface area contributed by atoms with E-state index < -0.39 is 18.0 Å². The number of benzene rings is 2. The van der Waals surface area contributed by atoms with Gasteiger partial charge in [-0.05, 0) is 37.1 Å². The number of carbonyl (C=O) groups is 2. The molecule has 0 saturated heterocycles. The van der Waals surface area contributed by atoms with Crippen LogP contribution in [0.1, 0.15) is 29.7 Å². The second-order valence-electron chi connectivity index (χ2n) is 6.75. The maximum Gasteiger partial charge on any atom is 0.338 e. The molecule has 1 aliphatic heterocycles. The van der Waals surface area contributed by atoms with Crippen LogP contribution in [0.3, 0.4) is 0 Å². The van der Waals surface area contributed by atoms with Gasteiger partial charge in [0.15, 0.2) is 11.5 Å². The SMILES string of the molecule is COc1ccc(C2NC(=O)NC(C)=C2C(=O)OCc2ccc(C)cc2)cc1OC. The lowest BCUT2D eigenvalue weighted by Crippen LogP contribution is -2.45. The molecule has 7 nitrogen and oxygen atoms in total. The van der Waals surface area contributed by atoms with Gasteiger partial charge in [0, 0.05) is 5.70 Å². The summed E-state index contributed by atoms with van der Waals surface area (Å²) >= 11 is 0. The molecule has 1 unspecified atom stereocenters. The summed E-state index contributed by atoms with van der Waals surface area (Å²) in [5.41, 5.74) is 3.48. The number of rotatable bonds is 6. The Hall–Kier alpha value is -3.48. The minimum atomic E-state index is -0.672. The number of nitrogens with one attached hydrogen (secondary N) is 2. The molecule has 29 heavy (non-hydrogen) atoms. The molecule has 3 rings (SSSR count). The first kappa shape index (κ1) is 20.3. The van der Waals surface area contributed by atoms with E-state index in [0.717, 1.165) is 11.1 Å². The number of carbonyl (C=O) groups excluding carboxylic acids is 2. The van der Waals surface area contributed by atoms with Gasteiger partial charge in [-0.25, -0.2) is 9.59 Å². The fraction of sp³-hybridized carbons (Fsp3) is 0.273. The Morgan fingerprint density at radius 2 is 1.69 bits per heavy atom. The number of urea groups is 1. The fourth-order valence-electron chi connectivity index (χ4n) is 3.16. The Morgan fingerprint density at radius 1 is 1.00 bits per heavy atom. The molecule has 7 heteroatoms. The van der Waals surface area contributed by atoms with Crippen molar-refractivity contribution in [2.75, 3.05) is 14.2 Å². The van der Waals surface area contributed by atoms with Crippen LogP contribution >= 0.6 is 0 Å². The van der Waals surface area contributed by atoms with E-state index in [-0.39, 0.29) is 6.61 Å². The highest BCUT2D eigenvalue weighted by Crippen LogP contribution is 2.34. The summed E-state index contributed by atoms with van der Waals surface area (Å²) in [6.45, 7) is 3.81. The third kappa shape index (κ3) is 4.51. The summed E-state index contributed by atoms with van der Waals surface area (Å²) in [6, 6.07) is 11.9. The van der Waals surface area contributed by atoms with Crippen molar-refractivity contribution in [3.8, 4) is 11.5 Å².